The molecule has 0 aliphatic heterocycles. The molecule has 2 aliphatic carbocycles. The molecule has 1 heteroatoms. The van der Waals surface area contributed by atoms with Crippen molar-refractivity contribution in [1.29, 1.82) is 0 Å². The fourth-order valence-electron chi connectivity index (χ4n) is 2.38. The molecule has 0 N–H and O–H groups in total. The minimum Gasteiger partial charge on any atom is -0.250 e. The molecule has 2 aliphatic rings. The molecule has 1 atom stereocenters. The summed E-state index contributed by atoms with van der Waals surface area (Å²) in [4.78, 5) is 0. The van der Waals surface area contributed by atoms with E-state index in [-0.39, 0.29) is 12.6 Å². The lowest BCUT2D eigenvalue weighted by atomic mass is 9.94. The van der Waals surface area contributed by atoms with E-state index in [4.69, 9.17) is 0 Å². The summed E-state index contributed by atoms with van der Waals surface area (Å²) in [6.07, 6.45) is 5.32. The fraction of sp³-hybridized carbons (Fsp3) is 0.600. The predicted molar refractivity (Wildman–Crippen MR) is 64.8 cm³/mol. The summed E-state index contributed by atoms with van der Waals surface area (Å²) in [7, 11) is 0. The number of halogens is 1. The molecular weight excluding hydrogens is 199 g/mol. The van der Waals surface area contributed by atoms with Gasteiger partial charge in [0.15, 0.2) is 0 Å². The number of rotatable bonds is 4. The van der Waals surface area contributed by atoms with Crippen molar-refractivity contribution in [3.05, 3.63) is 34.9 Å². The molecule has 0 saturated heterocycles. The molecule has 1 aromatic carbocycles. The van der Waals surface area contributed by atoms with Crippen molar-refractivity contribution in [2.75, 3.05) is 6.67 Å². The van der Waals surface area contributed by atoms with Gasteiger partial charge in [-0.1, -0.05) is 25.1 Å². The zero-order valence-corrected chi connectivity index (χ0v) is 9.88. The largest absolute Gasteiger partial charge is 0.250 e. The topological polar surface area (TPSA) is 0 Å². The average Bonchev–Trinajstić information content (AvgIpc) is 3.20. The Labute approximate surface area is 96.9 Å². The Morgan fingerprint density at radius 3 is 1.94 bits per heavy atom. The third-order valence-corrected chi connectivity index (χ3v) is 3.90. The van der Waals surface area contributed by atoms with Gasteiger partial charge >= 0.3 is 0 Å². The maximum Gasteiger partial charge on any atom is 0.0960 e. The second-order valence-corrected chi connectivity index (χ2v) is 5.54. The standard InChI is InChI=1S/C15H19F/c1-10(9-16)13-6-14(11-2-3-11)8-15(7-13)12-4-5-12/h6-8,10-12H,2-5,9H2,1H3. The van der Waals surface area contributed by atoms with E-state index in [1.165, 1.54) is 42.4 Å². The highest BCUT2D eigenvalue weighted by atomic mass is 19.1. The second-order valence-electron chi connectivity index (χ2n) is 5.54. The lowest BCUT2D eigenvalue weighted by molar-refractivity contribution is 0.447. The number of benzene rings is 1. The Morgan fingerprint density at radius 1 is 1.06 bits per heavy atom. The Bertz CT molecular complexity index is 358. The minimum atomic E-state index is -0.238. The van der Waals surface area contributed by atoms with Crippen molar-refractivity contribution in [3.8, 4) is 0 Å². The van der Waals surface area contributed by atoms with Gasteiger partial charge in [0.25, 0.3) is 0 Å². The van der Waals surface area contributed by atoms with Gasteiger partial charge in [0.1, 0.15) is 0 Å². The third kappa shape index (κ3) is 2.00. The van der Waals surface area contributed by atoms with E-state index in [1.54, 1.807) is 0 Å². The molecule has 0 nitrogen and oxygen atoms in total. The second kappa shape index (κ2) is 3.87. The lowest BCUT2D eigenvalue weighted by Crippen LogP contribution is -1.98. The molecule has 0 heterocycles. The molecule has 86 valence electrons. The highest BCUT2D eigenvalue weighted by molar-refractivity contribution is 5.39. The average molecular weight is 218 g/mol. The highest BCUT2D eigenvalue weighted by Crippen LogP contribution is 2.45. The van der Waals surface area contributed by atoms with Gasteiger partial charge in [-0.25, -0.2) is 0 Å². The van der Waals surface area contributed by atoms with Crippen LogP contribution in [-0.2, 0) is 0 Å². The van der Waals surface area contributed by atoms with Gasteiger partial charge < -0.3 is 0 Å². The van der Waals surface area contributed by atoms with Crippen LogP contribution in [0.25, 0.3) is 0 Å². The van der Waals surface area contributed by atoms with E-state index in [0.29, 0.717) is 0 Å². The molecule has 16 heavy (non-hydrogen) atoms. The van der Waals surface area contributed by atoms with Crippen molar-refractivity contribution in [2.45, 2.75) is 50.4 Å². The summed E-state index contributed by atoms with van der Waals surface area (Å²) in [6.45, 7) is 1.75. The zero-order valence-electron chi connectivity index (χ0n) is 9.88. The number of hydrogen-bond donors (Lipinski definition) is 0. The van der Waals surface area contributed by atoms with Crippen LogP contribution in [0.3, 0.4) is 0 Å². The molecule has 0 amide bonds. The van der Waals surface area contributed by atoms with Crippen LogP contribution in [0.2, 0.25) is 0 Å². The Kier molecular flexibility index (Phi) is 2.49. The van der Waals surface area contributed by atoms with Gasteiger partial charge in [-0.3, -0.25) is 4.39 Å². The quantitative estimate of drug-likeness (QED) is 0.697. The normalized spacial score (nSPS) is 22.1. The number of hydrogen-bond acceptors (Lipinski definition) is 0. The SMILES string of the molecule is CC(CF)c1cc(C2CC2)cc(C2CC2)c1. The summed E-state index contributed by atoms with van der Waals surface area (Å²) in [5.74, 6) is 1.63. The van der Waals surface area contributed by atoms with Crippen LogP contribution in [0.1, 0.15) is 67.1 Å². The molecule has 0 bridgehead atoms. The van der Waals surface area contributed by atoms with E-state index in [0.717, 1.165) is 11.8 Å². The monoisotopic (exact) mass is 218 g/mol. The lowest BCUT2D eigenvalue weighted by Gasteiger charge is -2.12. The van der Waals surface area contributed by atoms with Crippen molar-refractivity contribution in [2.24, 2.45) is 0 Å². The Morgan fingerprint density at radius 2 is 1.56 bits per heavy atom. The van der Waals surface area contributed by atoms with Gasteiger partial charge in [-0.05, 0) is 54.2 Å². The maximum absolute atomic E-state index is 12.8. The first-order valence-electron chi connectivity index (χ1n) is 6.48. The molecular formula is C15H19F. The smallest absolute Gasteiger partial charge is 0.0960 e. The highest BCUT2D eigenvalue weighted by Gasteiger charge is 2.28. The fourth-order valence-corrected chi connectivity index (χ4v) is 2.38. The Balaban J connectivity index is 1.95. The van der Waals surface area contributed by atoms with E-state index >= 15 is 0 Å². The van der Waals surface area contributed by atoms with Crippen LogP contribution in [0, 0.1) is 0 Å². The van der Waals surface area contributed by atoms with Crippen molar-refractivity contribution >= 4 is 0 Å². The summed E-state index contributed by atoms with van der Waals surface area (Å²) < 4.78 is 12.8. The van der Waals surface area contributed by atoms with E-state index in [1.807, 2.05) is 6.92 Å². The molecule has 0 spiro atoms. The molecule has 1 unspecified atom stereocenters. The van der Waals surface area contributed by atoms with Crippen LogP contribution >= 0.6 is 0 Å². The minimum absolute atomic E-state index is 0.0659. The first kappa shape index (κ1) is 10.3. The Hall–Kier alpha value is -0.850. The van der Waals surface area contributed by atoms with Crippen molar-refractivity contribution in [3.63, 3.8) is 0 Å². The van der Waals surface area contributed by atoms with Gasteiger partial charge in [-0.15, -0.1) is 0 Å². The summed E-state index contributed by atoms with van der Waals surface area (Å²) in [6, 6.07) is 6.87. The summed E-state index contributed by atoms with van der Waals surface area (Å²) >= 11 is 0. The van der Waals surface area contributed by atoms with E-state index in [2.05, 4.69) is 18.2 Å². The molecule has 1 aromatic rings. The molecule has 2 saturated carbocycles. The van der Waals surface area contributed by atoms with Gasteiger partial charge in [0.2, 0.25) is 0 Å². The zero-order chi connectivity index (χ0) is 11.1. The molecule has 0 aromatic heterocycles. The summed E-state index contributed by atoms with van der Waals surface area (Å²) in [5.41, 5.74) is 4.16. The van der Waals surface area contributed by atoms with Gasteiger partial charge in [0.05, 0.1) is 6.67 Å². The van der Waals surface area contributed by atoms with Crippen molar-refractivity contribution < 1.29 is 4.39 Å². The predicted octanol–water partition coefficient (Wildman–Crippen LogP) is 4.51. The van der Waals surface area contributed by atoms with Crippen molar-refractivity contribution in [1.82, 2.24) is 0 Å². The van der Waals surface area contributed by atoms with Crippen LogP contribution < -0.4 is 0 Å². The van der Waals surface area contributed by atoms with Crippen LogP contribution in [0.5, 0.6) is 0 Å². The van der Waals surface area contributed by atoms with E-state index in [9.17, 15) is 4.39 Å². The third-order valence-electron chi connectivity index (χ3n) is 3.90. The molecule has 2 fully saturated rings. The summed E-state index contributed by atoms with van der Waals surface area (Å²) in [5, 5.41) is 0. The van der Waals surface area contributed by atoms with Gasteiger partial charge in [0, 0.05) is 5.92 Å². The first-order valence-corrected chi connectivity index (χ1v) is 6.48. The van der Waals surface area contributed by atoms with E-state index < -0.39 is 0 Å². The van der Waals surface area contributed by atoms with Crippen LogP contribution in [0.15, 0.2) is 18.2 Å². The first-order chi connectivity index (χ1) is 7.78. The van der Waals surface area contributed by atoms with Crippen LogP contribution in [0.4, 0.5) is 4.39 Å². The molecule has 0 radical (unpaired) electrons. The number of alkyl halides is 1. The van der Waals surface area contributed by atoms with Gasteiger partial charge in [-0.2, -0.15) is 0 Å². The van der Waals surface area contributed by atoms with Crippen LogP contribution in [-0.4, -0.2) is 6.67 Å². The molecule has 3 rings (SSSR count). The maximum atomic E-state index is 12.8.